The molecule has 1 aliphatic carbocycles. The molecular formula is C33H39F3O2. The second-order valence-electron chi connectivity index (χ2n) is 10.4. The minimum absolute atomic E-state index is 0.0176. The van der Waals surface area contributed by atoms with E-state index in [1.165, 1.54) is 6.42 Å². The van der Waals surface area contributed by atoms with E-state index in [1.54, 1.807) is 24.3 Å². The quantitative estimate of drug-likeness (QED) is 0.204. The molecule has 5 heteroatoms. The van der Waals surface area contributed by atoms with Crippen LogP contribution in [0.3, 0.4) is 0 Å². The van der Waals surface area contributed by atoms with Crippen LogP contribution in [0.1, 0.15) is 92.4 Å². The van der Waals surface area contributed by atoms with Gasteiger partial charge in [0.25, 0.3) is 0 Å². The molecule has 38 heavy (non-hydrogen) atoms. The summed E-state index contributed by atoms with van der Waals surface area (Å²) in [6.45, 7) is 6.85. The number of hydrogen-bond acceptors (Lipinski definition) is 2. The van der Waals surface area contributed by atoms with Crippen LogP contribution in [0.25, 0.3) is 5.57 Å². The summed E-state index contributed by atoms with van der Waals surface area (Å²) in [5.41, 5.74) is 2.88. The van der Waals surface area contributed by atoms with Crippen molar-refractivity contribution in [2.75, 3.05) is 13.2 Å². The second kappa shape index (κ2) is 14.0. The molecule has 0 spiro atoms. The third kappa shape index (κ3) is 7.06. The van der Waals surface area contributed by atoms with Gasteiger partial charge in [-0.15, -0.1) is 6.58 Å². The van der Waals surface area contributed by atoms with Crippen molar-refractivity contribution in [3.63, 3.8) is 0 Å². The zero-order chi connectivity index (χ0) is 26.9. The first-order valence-electron chi connectivity index (χ1n) is 14.0. The number of ether oxygens (including phenoxy) is 2. The monoisotopic (exact) mass is 524 g/mol. The van der Waals surface area contributed by atoms with Gasteiger partial charge in [-0.1, -0.05) is 81.2 Å². The van der Waals surface area contributed by atoms with Crippen LogP contribution in [0.2, 0.25) is 0 Å². The summed E-state index contributed by atoms with van der Waals surface area (Å²) < 4.78 is 56.4. The van der Waals surface area contributed by atoms with Crippen molar-refractivity contribution in [3.05, 3.63) is 101 Å². The van der Waals surface area contributed by atoms with Gasteiger partial charge in [-0.2, -0.15) is 0 Å². The van der Waals surface area contributed by atoms with Crippen molar-refractivity contribution in [2.24, 2.45) is 0 Å². The maximum absolute atomic E-state index is 15.1. The van der Waals surface area contributed by atoms with Gasteiger partial charge >= 0.3 is 0 Å². The topological polar surface area (TPSA) is 18.5 Å². The summed E-state index contributed by atoms with van der Waals surface area (Å²) in [6.07, 6.45) is 15.2. The Labute approximate surface area is 225 Å². The number of unbranched alkanes of at least 4 members (excludes halogenated alkanes) is 4. The van der Waals surface area contributed by atoms with Crippen molar-refractivity contribution in [3.8, 4) is 0 Å². The maximum Gasteiger partial charge on any atom is 0.162 e. The van der Waals surface area contributed by atoms with Crippen molar-refractivity contribution < 1.29 is 22.6 Å². The van der Waals surface area contributed by atoms with E-state index >= 15 is 4.39 Å². The zero-order valence-corrected chi connectivity index (χ0v) is 22.4. The summed E-state index contributed by atoms with van der Waals surface area (Å²) >= 11 is 0. The van der Waals surface area contributed by atoms with Crippen LogP contribution in [0, 0.1) is 17.5 Å². The van der Waals surface area contributed by atoms with Gasteiger partial charge in [-0.3, -0.25) is 0 Å². The van der Waals surface area contributed by atoms with Gasteiger partial charge in [0.15, 0.2) is 17.9 Å². The Kier molecular flexibility index (Phi) is 10.4. The van der Waals surface area contributed by atoms with Gasteiger partial charge < -0.3 is 9.47 Å². The van der Waals surface area contributed by atoms with E-state index in [-0.39, 0.29) is 23.9 Å². The third-order valence-electron chi connectivity index (χ3n) is 7.59. The van der Waals surface area contributed by atoms with E-state index in [1.807, 2.05) is 30.4 Å². The fourth-order valence-electron chi connectivity index (χ4n) is 5.23. The molecule has 0 N–H and O–H groups in total. The van der Waals surface area contributed by atoms with Gasteiger partial charge in [-0.05, 0) is 54.0 Å². The fraction of sp³-hybridized carbons (Fsp3) is 0.455. The predicted molar refractivity (Wildman–Crippen MR) is 148 cm³/mol. The van der Waals surface area contributed by atoms with E-state index in [0.29, 0.717) is 42.7 Å². The minimum Gasteiger partial charge on any atom is -0.352 e. The Morgan fingerprint density at radius 3 is 2.45 bits per heavy atom. The van der Waals surface area contributed by atoms with Crippen LogP contribution in [-0.4, -0.2) is 19.5 Å². The number of benzene rings is 2. The number of allylic oxidation sites excluding steroid dienone is 5. The summed E-state index contributed by atoms with van der Waals surface area (Å²) in [6, 6.07) is 8.67. The van der Waals surface area contributed by atoms with Crippen LogP contribution in [-0.2, 0) is 15.9 Å². The molecule has 204 valence electrons. The highest BCUT2D eigenvalue weighted by Crippen LogP contribution is 2.35. The van der Waals surface area contributed by atoms with E-state index < -0.39 is 11.6 Å². The standard InChI is InChI=1S/C33H39F3O2/c1-3-5-7-8-9-10-25-16-19-29(33(36)32(25)35)24-14-12-23(13-15-24)28-18-17-26(20-30(28)34)27-21-37-31(38-22-27)11-6-4-2/h4,12-14,16-20,24,27,31H,2-3,5-11,15,21-22H2,1H3. The number of hydrogen-bond donors (Lipinski definition) is 0. The predicted octanol–water partition coefficient (Wildman–Crippen LogP) is 9.17. The van der Waals surface area contributed by atoms with Gasteiger partial charge in [0.05, 0.1) is 13.2 Å². The first kappa shape index (κ1) is 28.4. The molecule has 1 fully saturated rings. The van der Waals surface area contributed by atoms with Crippen LogP contribution >= 0.6 is 0 Å². The lowest BCUT2D eigenvalue weighted by molar-refractivity contribution is -0.189. The lowest BCUT2D eigenvalue weighted by atomic mass is 9.86. The van der Waals surface area contributed by atoms with Crippen LogP contribution in [0.5, 0.6) is 0 Å². The van der Waals surface area contributed by atoms with E-state index in [4.69, 9.17) is 9.47 Å². The molecule has 0 bridgehead atoms. The van der Waals surface area contributed by atoms with E-state index in [9.17, 15) is 8.78 Å². The van der Waals surface area contributed by atoms with Crippen molar-refractivity contribution >= 4 is 5.57 Å². The number of aryl methyl sites for hydroxylation is 1. The molecule has 2 aromatic rings. The summed E-state index contributed by atoms with van der Waals surface area (Å²) in [7, 11) is 0. The largest absolute Gasteiger partial charge is 0.352 e. The Balaban J connectivity index is 1.36. The molecule has 0 aromatic heterocycles. The Morgan fingerprint density at radius 2 is 1.76 bits per heavy atom. The number of halogens is 3. The lowest BCUT2D eigenvalue weighted by Crippen LogP contribution is -2.30. The zero-order valence-electron chi connectivity index (χ0n) is 22.4. The Bertz CT molecular complexity index is 1150. The Morgan fingerprint density at radius 1 is 0.974 bits per heavy atom. The van der Waals surface area contributed by atoms with Gasteiger partial charge in [0.2, 0.25) is 0 Å². The van der Waals surface area contributed by atoms with Gasteiger partial charge in [0, 0.05) is 23.8 Å². The first-order chi connectivity index (χ1) is 18.5. The molecule has 2 aliphatic rings. The normalized spacial score (nSPS) is 21.4. The highest BCUT2D eigenvalue weighted by Gasteiger charge is 2.25. The van der Waals surface area contributed by atoms with Crippen LogP contribution < -0.4 is 0 Å². The summed E-state index contributed by atoms with van der Waals surface area (Å²) in [5.74, 6) is -2.10. The second-order valence-corrected chi connectivity index (χ2v) is 10.4. The molecule has 1 heterocycles. The summed E-state index contributed by atoms with van der Waals surface area (Å²) in [4.78, 5) is 0. The van der Waals surface area contributed by atoms with Gasteiger partial charge in [0.1, 0.15) is 5.82 Å². The lowest BCUT2D eigenvalue weighted by Gasteiger charge is -2.29. The molecule has 1 saturated heterocycles. The van der Waals surface area contributed by atoms with Crippen molar-refractivity contribution in [2.45, 2.75) is 82.8 Å². The first-order valence-corrected chi connectivity index (χ1v) is 14.0. The van der Waals surface area contributed by atoms with Crippen LogP contribution in [0.15, 0.2) is 61.2 Å². The smallest absolute Gasteiger partial charge is 0.162 e. The van der Waals surface area contributed by atoms with Crippen molar-refractivity contribution in [1.29, 1.82) is 0 Å². The average molecular weight is 525 g/mol. The molecule has 0 radical (unpaired) electrons. The molecular weight excluding hydrogens is 485 g/mol. The SMILES string of the molecule is C=CCCC1OCC(c2ccc(C3=CCC(c4ccc(CCCCCCC)c(F)c4F)C=C3)c(F)c2)CO1. The molecule has 0 saturated carbocycles. The molecule has 2 nitrogen and oxygen atoms in total. The summed E-state index contributed by atoms with van der Waals surface area (Å²) in [5, 5.41) is 0. The van der Waals surface area contributed by atoms with Crippen molar-refractivity contribution in [1.82, 2.24) is 0 Å². The molecule has 0 amide bonds. The molecule has 1 atom stereocenters. The molecule has 4 rings (SSSR count). The highest BCUT2D eigenvalue weighted by molar-refractivity contribution is 5.76. The third-order valence-corrected chi connectivity index (χ3v) is 7.59. The van der Waals surface area contributed by atoms with Crippen LogP contribution in [0.4, 0.5) is 13.2 Å². The van der Waals surface area contributed by atoms with E-state index in [2.05, 4.69) is 13.5 Å². The molecule has 1 unspecified atom stereocenters. The molecule has 2 aromatic carbocycles. The molecule has 1 aliphatic heterocycles. The van der Waals surface area contributed by atoms with Gasteiger partial charge in [-0.25, -0.2) is 13.2 Å². The van der Waals surface area contributed by atoms with E-state index in [0.717, 1.165) is 49.7 Å². The number of rotatable bonds is 12. The highest BCUT2D eigenvalue weighted by atomic mass is 19.2. The minimum atomic E-state index is -0.762. The Hall–Kier alpha value is -2.63. The maximum atomic E-state index is 15.1. The fourth-order valence-corrected chi connectivity index (χ4v) is 5.23. The average Bonchev–Trinajstić information content (AvgIpc) is 2.94.